The van der Waals surface area contributed by atoms with E-state index in [1.807, 2.05) is 28.4 Å². The molecule has 0 heterocycles. The second kappa shape index (κ2) is 20.2. The van der Waals surface area contributed by atoms with E-state index >= 15 is 0 Å². The summed E-state index contributed by atoms with van der Waals surface area (Å²) < 4.78 is 0. The third kappa shape index (κ3) is 15.9. The molecule has 2 radical (unpaired) electrons. The molecule has 1 N–H and O–H groups in total. The van der Waals surface area contributed by atoms with Crippen molar-refractivity contribution in [1.29, 1.82) is 0 Å². The minimum Gasteiger partial charge on any atom is -0.675 e. The van der Waals surface area contributed by atoms with Crippen LogP contribution < -0.4 is 5.19 Å². The van der Waals surface area contributed by atoms with E-state index < -0.39 is 0 Å². The van der Waals surface area contributed by atoms with Crippen LogP contribution >= 0.6 is 0 Å². The fraction of sp³-hybridized carbons (Fsp3) is 0.607. The van der Waals surface area contributed by atoms with Crippen molar-refractivity contribution in [2.24, 2.45) is 5.92 Å². The van der Waals surface area contributed by atoms with Gasteiger partial charge in [-0.2, -0.15) is 11.1 Å². The Morgan fingerprint density at radius 2 is 1.23 bits per heavy atom. The second-order valence-electron chi connectivity index (χ2n) is 8.74. The Morgan fingerprint density at radius 1 is 0.806 bits per heavy atom. The first-order chi connectivity index (χ1) is 13.9. The molecule has 0 aromatic heterocycles. The SMILES string of the molecule is CC1=[C-]C(C)C(C)=C1C.[CH3-].[NH-]C1CCCCCCCCCCC1.[SiH2]c1ccccc1.[Ti+3]. The van der Waals surface area contributed by atoms with Crippen molar-refractivity contribution in [3.8, 4) is 0 Å². The maximum atomic E-state index is 7.80. The predicted molar refractivity (Wildman–Crippen MR) is 140 cm³/mol. The molecule has 2 aliphatic carbocycles. The van der Waals surface area contributed by atoms with Gasteiger partial charge in [0.1, 0.15) is 0 Å². The molecule has 1 aromatic carbocycles. The first-order valence-electron chi connectivity index (χ1n) is 11.8. The minimum absolute atomic E-state index is 0. The van der Waals surface area contributed by atoms with Gasteiger partial charge >= 0.3 is 21.7 Å². The number of rotatable bonds is 0. The molecule has 3 rings (SSSR count). The summed E-state index contributed by atoms with van der Waals surface area (Å²) in [6.07, 6.45) is 18.1. The van der Waals surface area contributed by atoms with E-state index in [2.05, 4.69) is 45.9 Å². The topological polar surface area (TPSA) is 23.8 Å². The van der Waals surface area contributed by atoms with Crippen LogP contribution in [0.1, 0.15) is 98.3 Å². The van der Waals surface area contributed by atoms with Gasteiger partial charge in [-0.1, -0.05) is 133 Å². The normalized spacial score (nSPS) is 20.2. The first-order valence-corrected chi connectivity index (χ1v) is 12.5. The van der Waals surface area contributed by atoms with Crippen LogP contribution in [0.2, 0.25) is 0 Å². The third-order valence-electron chi connectivity index (χ3n) is 6.18. The van der Waals surface area contributed by atoms with E-state index in [0.29, 0.717) is 5.92 Å². The Bertz CT molecular complexity index is 597. The predicted octanol–water partition coefficient (Wildman–Crippen LogP) is 7.83. The monoisotopic (exact) mass is 473 g/mol. The van der Waals surface area contributed by atoms with Crippen LogP contribution in [0.5, 0.6) is 0 Å². The maximum absolute atomic E-state index is 7.80. The van der Waals surface area contributed by atoms with Crippen molar-refractivity contribution in [3.63, 3.8) is 0 Å². The Labute approximate surface area is 213 Å². The van der Waals surface area contributed by atoms with Crippen LogP contribution in [-0.4, -0.2) is 16.3 Å². The van der Waals surface area contributed by atoms with Crippen LogP contribution in [0.25, 0.3) is 5.73 Å². The zero-order chi connectivity index (χ0) is 21.5. The number of hydrogen-bond donors (Lipinski definition) is 0. The van der Waals surface area contributed by atoms with Crippen LogP contribution in [-0.2, 0) is 21.7 Å². The summed E-state index contributed by atoms with van der Waals surface area (Å²) in [5.41, 5.74) is 12.0. The van der Waals surface area contributed by atoms with E-state index in [1.165, 1.54) is 79.7 Å². The summed E-state index contributed by atoms with van der Waals surface area (Å²) in [5, 5.41) is 1.35. The summed E-state index contributed by atoms with van der Waals surface area (Å²) in [7, 11) is 1.90. The molecule has 0 saturated heterocycles. The third-order valence-corrected chi connectivity index (χ3v) is 6.66. The van der Waals surface area contributed by atoms with Crippen LogP contribution in [0, 0.1) is 19.4 Å². The molecule has 0 spiro atoms. The summed E-state index contributed by atoms with van der Waals surface area (Å²) in [6.45, 7) is 8.67. The summed E-state index contributed by atoms with van der Waals surface area (Å²) in [6, 6.07) is 10.6. The molecule has 0 amide bonds. The number of hydrogen-bond acceptors (Lipinski definition) is 0. The number of allylic oxidation sites excluding steroid dienone is 4. The molecule has 3 heteroatoms. The van der Waals surface area contributed by atoms with Gasteiger partial charge in [0.15, 0.2) is 0 Å². The summed E-state index contributed by atoms with van der Waals surface area (Å²) in [4.78, 5) is 0. The fourth-order valence-electron chi connectivity index (χ4n) is 3.80. The molecule has 1 unspecified atom stereocenters. The quantitative estimate of drug-likeness (QED) is 0.271. The first kappa shape index (κ1) is 32.8. The molecule has 1 nitrogen and oxygen atoms in total. The average Bonchev–Trinajstić information content (AvgIpc) is 2.92. The Kier molecular flexibility index (Phi) is 21.4. The zero-order valence-corrected chi connectivity index (χ0v) is 24.0. The van der Waals surface area contributed by atoms with Gasteiger partial charge in [-0.25, -0.2) is 5.57 Å². The van der Waals surface area contributed by atoms with Gasteiger partial charge in [-0.15, -0.1) is 13.0 Å². The standard InChI is InChI=1S/C12H24N.C9H13.C6H7Si.CH3.Ti/c13-12-10-8-6-4-2-1-3-5-7-9-11-12;1-6-5-7(2)9(4)8(6)3;7-6-4-2-1-3-5-6;;/h12-13H,1-11H2;6H,1-4H3;1-5H,7H2;1H3;/q2*-1;;-1;+3. The van der Waals surface area contributed by atoms with Gasteiger partial charge in [-0.05, 0) is 0 Å². The number of nitrogens with one attached hydrogen (secondary N) is 1. The van der Waals surface area contributed by atoms with E-state index in [1.54, 1.807) is 0 Å². The molecule has 1 aromatic rings. The van der Waals surface area contributed by atoms with Gasteiger partial charge in [0.05, 0.1) is 0 Å². The Balaban J connectivity index is 0. The van der Waals surface area contributed by atoms with Crippen molar-refractivity contribution in [2.45, 2.75) is 104 Å². The molecule has 2 aliphatic rings. The Hall–Kier alpha value is -0.409. The molecular formula is C28H47NSiTi. The molecule has 1 atom stereocenters. The molecule has 0 bridgehead atoms. The van der Waals surface area contributed by atoms with E-state index in [-0.39, 0.29) is 35.2 Å². The van der Waals surface area contributed by atoms with Crippen molar-refractivity contribution in [2.75, 3.05) is 0 Å². The van der Waals surface area contributed by atoms with Crippen LogP contribution in [0.3, 0.4) is 0 Å². The second-order valence-corrected chi connectivity index (χ2v) is 9.56. The average molecular weight is 474 g/mol. The largest absolute Gasteiger partial charge is 3.00 e. The number of benzene rings is 1. The van der Waals surface area contributed by atoms with Crippen molar-refractivity contribution >= 4 is 15.4 Å². The van der Waals surface area contributed by atoms with E-state index in [0.717, 1.165) is 12.8 Å². The van der Waals surface area contributed by atoms with Crippen molar-refractivity contribution in [3.05, 3.63) is 66.3 Å². The van der Waals surface area contributed by atoms with E-state index in [9.17, 15) is 0 Å². The molecule has 31 heavy (non-hydrogen) atoms. The van der Waals surface area contributed by atoms with Crippen molar-refractivity contribution < 1.29 is 21.7 Å². The molecule has 172 valence electrons. The van der Waals surface area contributed by atoms with Gasteiger partial charge in [-0.3, -0.25) is 6.08 Å². The van der Waals surface area contributed by atoms with Crippen LogP contribution in [0.15, 0.2) is 47.1 Å². The molecule has 0 aliphatic heterocycles. The summed E-state index contributed by atoms with van der Waals surface area (Å²) in [5.74, 6) is 0.560. The van der Waals surface area contributed by atoms with Gasteiger partial charge in [0, 0.05) is 10.2 Å². The summed E-state index contributed by atoms with van der Waals surface area (Å²) >= 11 is 0. The smallest absolute Gasteiger partial charge is 0.675 e. The molecule has 1 fully saturated rings. The maximum Gasteiger partial charge on any atom is 3.00 e. The van der Waals surface area contributed by atoms with E-state index in [4.69, 9.17) is 5.73 Å². The zero-order valence-electron chi connectivity index (χ0n) is 21.0. The Morgan fingerprint density at radius 3 is 1.48 bits per heavy atom. The van der Waals surface area contributed by atoms with Gasteiger partial charge in [0.25, 0.3) is 0 Å². The van der Waals surface area contributed by atoms with Gasteiger partial charge < -0.3 is 13.2 Å². The minimum atomic E-state index is 0. The fourth-order valence-corrected chi connectivity index (χ4v) is 4.08. The molecular weight excluding hydrogens is 426 g/mol. The molecule has 1 saturated carbocycles. The van der Waals surface area contributed by atoms with Gasteiger partial charge in [0.2, 0.25) is 0 Å². The van der Waals surface area contributed by atoms with Crippen LogP contribution in [0.4, 0.5) is 0 Å². The van der Waals surface area contributed by atoms with Crippen molar-refractivity contribution in [1.82, 2.24) is 0 Å².